The molecule has 3 nitrogen and oxygen atoms in total. The first-order valence-corrected chi connectivity index (χ1v) is 6.10. The van der Waals surface area contributed by atoms with Crippen LogP contribution in [-0.2, 0) is 0 Å². The van der Waals surface area contributed by atoms with Crippen LogP contribution in [0.3, 0.4) is 0 Å². The third-order valence-corrected chi connectivity index (χ3v) is 3.37. The Bertz CT molecular complexity index is 198. The van der Waals surface area contributed by atoms with E-state index < -0.39 is 0 Å². The molecule has 1 aliphatic rings. The highest BCUT2D eigenvalue weighted by atomic mass is 16.3. The monoisotopic (exact) mass is 215 g/mol. The van der Waals surface area contributed by atoms with E-state index in [0.29, 0.717) is 6.04 Å². The molecule has 0 spiro atoms. The maximum Gasteiger partial charge on any atom is 0.136 e. The first-order valence-electron chi connectivity index (χ1n) is 6.10. The van der Waals surface area contributed by atoms with Crippen molar-refractivity contribution in [3.63, 3.8) is 0 Å². The van der Waals surface area contributed by atoms with Gasteiger partial charge in [-0.3, -0.25) is 0 Å². The summed E-state index contributed by atoms with van der Waals surface area (Å²) < 4.78 is 0. The largest absolute Gasteiger partial charge is 0.848 e. The second kappa shape index (κ2) is 4.81. The predicted molar refractivity (Wildman–Crippen MR) is 59.7 cm³/mol. The highest BCUT2D eigenvalue weighted by molar-refractivity contribution is 4.82. The van der Waals surface area contributed by atoms with Crippen molar-refractivity contribution in [1.82, 2.24) is 0 Å². The molecule has 3 heteroatoms. The Labute approximate surface area is 93.9 Å². The smallest absolute Gasteiger partial charge is 0.136 e. The lowest BCUT2D eigenvalue weighted by molar-refractivity contribution is -0.892. The zero-order valence-electron chi connectivity index (χ0n) is 10.8. The summed E-state index contributed by atoms with van der Waals surface area (Å²) in [4.78, 5) is 1.48. The quantitative estimate of drug-likeness (QED) is 0.550. The number of hydrogen-bond donors (Lipinski definition) is 2. The molecule has 90 valence electrons. The molecule has 1 saturated heterocycles. The molecular weight excluding hydrogens is 188 g/mol. The van der Waals surface area contributed by atoms with Crippen LogP contribution in [0.4, 0.5) is 0 Å². The van der Waals surface area contributed by atoms with Gasteiger partial charge in [-0.1, -0.05) is 33.3 Å². The SMILES string of the molecule is C[NH+](C)CC1CCC([O-])C(C(C)(C)C)[NH2+]1. The highest BCUT2D eigenvalue weighted by Crippen LogP contribution is 2.22. The summed E-state index contributed by atoms with van der Waals surface area (Å²) in [5.41, 5.74) is 0.132. The molecule has 3 unspecified atom stereocenters. The van der Waals surface area contributed by atoms with Gasteiger partial charge in [0.2, 0.25) is 0 Å². The number of nitrogens with one attached hydrogen (secondary N) is 1. The molecule has 0 aliphatic carbocycles. The molecule has 1 fully saturated rings. The second-order valence-corrected chi connectivity index (χ2v) is 6.37. The van der Waals surface area contributed by atoms with E-state index in [0.717, 1.165) is 12.8 Å². The molecule has 3 atom stereocenters. The van der Waals surface area contributed by atoms with E-state index in [1.807, 2.05) is 0 Å². The fourth-order valence-corrected chi connectivity index (χ4v) is 2.61. The molecule has 0 aromatic heterocycles. The van der Waals surface area contributed by atoms with Gasteiger partial charge in [-0.25, -0.2) is 0 Å². The van der Waals surface area contributed by atoms with Gasteiger partial charge in [0.05, 0.1) is 20.1 Å². The van der Waals surface area contributed by atoms with Crippen molar-refractivity contribution in [3.8, 4) is 0 Å². The maximum atomic E-state index is 11.9. The van der Waals surface area contributed by atoms with Gasteiger partial charge in [-0.2, -0.15) is 0 Å². The van der Waals surface area contributed by atoms with Crippen LogP contribution in [0.25, 0.3) is 0 Å². The Morgan fingerprint density at radius 3 is 2.33 bits per heavy atom. The molecule has 1 heterocycles. The van der Waals surface area contributed by atoms with Crippen LogP contribution in [0.15, 0.2) is 0 Å². The predicted octanol–water partition coefficient (Wildman–Crippen LogP) is -2.00. The third-order valence-electron chi connectivity index (χ3n) is 3.37. The Morgan fingerprint density at radius 2 is 1.87 bits per heavy atom. The van der Waals surface area contributed by atoms with Crippen molar-refractivity contribution in [1.29, 1.82) is 0 Å². The number of quaternary nitrogens is 2. The lowest BCUT2D eigenvalue weighted by atomic mass is 9.79. The highest BCUT2D eigenvalue weighted by Gasteiger charge is 2.36. The van der Waals surface area contributed by atoms with Crippen molar-refractivity contribution in [3.05, 3.63) is 0 Å². The Balaban J connectivity index is 2.56. The Hall–Kier alpha value is -0.120. The van der Waals surface area contributed by atoms with Crippen LogP contribution in [0.2, 0.25) is 0 Å². The molecule has 0 aromatic carbocycles. The van der Waals surface area contributed by atoms with E-state index >= 15 is 0 Å². The van der Waals surface area contributed by atoms with Gasteiger partial charge >= 0.3 is 0 Å². The number of rotatable bonds is 2. The molecular formula is C12H27N2O+. The molecule has 15 heavy (non-hydrogen) atoms. The van der Waals surface area contributed by atoms with Gasteiger partial charge in [-0.05, 0) is 0 Å². The standard InChI is InChI=1S/C12H25N2O/c1-12(2,3)11-10(15)7-6-9(13-11)8-14(4)5/h9-11,13H,6-8H2,1-5H3/q-1/p+2. The van der Waals surface area contributed by atoms with E-state index in [1.54, 1.807) is 0 Å². The summed E-state index contributed by atoms with van der Waals surface area (Å²) in [6.45, 7) is 7.72. The zero-order chi connectivity index (χ0) is 11.6. The van der Waals surface area contributed by atoms with Gasteiger partial charge < -0.3 is 15.3 Å². The van der Waals surface area contributed by atoms with E-state index in [-0.39, 0.29) is 17.6 Å². The number of likely N-dealkylation sites (N-methyl/N-ethyl adjacent to an activating group) is 1. The van der Waals surface area contributed by atoms with Crippen molar-refractivity contribution >= 4 is 0 Å². The summed E-state index contributed by atoms with van der Waals surface area (Å²) in [6, 6.07) is 0.889. The first-order chi connectivity index (χ1) is 6.80. The molecule has 1 aliphatic heterocycles. The molecule has 0 bridgehead atoms. The van der Waals surface area contributed by atoms with Gasteiger partial charge in [0.15, 0.2) is 0 Å². The molecule has 0 saturated carbocycles. The van der Waals surface area contributed by atoms with E-state index in [2.05, 4.69) is 40.2 Å². The minimum Gasteiger partial charge on any atom is -0.848 e. The minimum absolute atomic E-state index is 0.132. The number of nitrogens with two attached hydrogens (primary N) is 1. The second-order valence-electron chi connectivity index (χ2n) is 6.37. The minimum atomic E-state index is -0.376. The summed E-state index contributed by atoms with van der Waals surface area (Å²) in [5.74, 6) is 0. The summed E-state index contributed by atoms with van der Waals surface area (Å²) in [5, 5.41) is 14.3. The van der Waals surface area contributed by atoms with Crippen LogP contribution < -0.4 is 15.3 Å². The van der Waals surface area contributed by atoms with Gasteiger partial charge in [-0.15, -0.1) is 0 Å². The zero-order valence-corrected chi connectivity index (χ0v) is 10.8. The lowest BCUT2D eigenvalue weighted by Crippen LogP contribution is -3.13. The van der Waals surface area contributed by atoms with Crippen molar-refractivity contribution < 1.29 is 15.3 Å². The van der Waals surface area contributed by atoms with E-state index in [9.17, 15) is 5.11 Å². The van der Waals surface area contributed by atoms with Crippen LogP contribution in [0.5, 0.6) is 0 Å². The van der Waals surface area contributed by atoms with Gasteiger partial charge in [0.25, 0.3) is 0 Å². The number of hydrogen-bond acceptors (Lipinski definition) is 1. The molecule has 0 radical (unpaired) electrons. The normalized spacial score (nSPS) is 33.4. The van der Waals surface area contributed by atoms with Gasteiger partial charge in [0.1, 0.15) is 12.6 Å². The fraction of sp³-hybridized carbons (Fsp3) is 1.00. The van der Waals surface area contributed by atoms with Crippen molar-refractivity contribution in [2.24, 2.45) is 5.41 Å². The van der Waals surface area contributed by atoms with Crippen molar-refractivity contribution in [2.75, 3.05) is 20.6 Å². The maximum absolute atomic E-state index is 11.9. The average molecular weight is 215 g/mol. The fourth-order valence-electron chi connectivity index (χ4n) is 2.61. The molecule has 0 aromatic rings. The Kier molecular flexibility index (Phi) is 4.15. The number of piperidine rings is 1. The summed E-state index contributed by atoms with van der Waals surface area (Å²) in [6.07, 6.45) is 1.57. The third kappa shape index (κ3) is 3.74. The van der Waals surface area contributed by atoms with Crippen LogP contribution in [0, 0.1) is 5.41 Å². The lowest BCUT2D eigenvalue weighted by Gasteiger charge is -2.44. The molecule has 3 N–H and O–H groups in total. The topological polar surface area (TPSA) is 44.1 Å². The van der Waals surface area contributed by atoms with E-state index in [1.165, 1.54) is 11.4 Å². The van der Waals surface area contributed by atoms with Crippen molar-refractivity contribution in [2.45, 2.75) is 51.8 Å². The van der Waals surface area contributed by atoms with Crippen LogP contribution in [-0.4, -0.2) is 38.8 Å². The Morgan fingerprint density at radius 1 is 1.27 bits per heavy atom. The van der Waals surface area contributed by atoms with Gasteiger partial charge in [0, 0.05) is 11.8 Å². The summed E-state index contributed by atoms with van der Waals surface area (Å²) >= 11 is 0. The van der Waals surface area contributed by atoms with Crippen LogP contribution in [0.1, 0.15) is 33.6 Å². The van der Waals surface area contributed by atoms with Crippen LogP contribution >= 0.6 is 0 Å². The summed E-state index contributed by atoms with van der Waals surface area (Å²) in [7, 11) is 4.37. The first kappa shape index (κ1) is 12.9. The molecule has 1 rings (SSSR count). The van der Waals surface area contributed by atoms with E-state index in [4.69, 9.17) is 0 Å². The molecule has 0 amide bonds. The average Bonchev–Trinajstić information content (AvgIpc) is 2.05.